The van der Waals surface area contributed by atoms with E-state index in [4.69, 9.17) is 5.11 Å². The number of nitrogens with zero attached hydrogens (tertiary/aromatic N) is 2. The number of carbonyl (C=O) groups excluding carboxylic acids is 1. The van der Waals surface area contributed by atoms with Crippen LogP contribution in [0.5, 0.6) is 0 Å². The van der Waals surface area contributed by atoms with Crippen molar-refractivity contribution in [1.29, 1.82) is 0 Å². The van der Waals surface area contributed by atoms with Crippen LogP contribution in [-0.2, 0) is 9.59 Å². The third-order valence-electron chi connectivity index (χ3n) is 2.94. The average molecular weight is 226 g/mol. The maximum atomic E-state index is 11.6. The lowest BCUT2D eigenvalue weighted by Gasteiger charge is -2.25. The lowest BCUT2D eigenvalue weighted by atomic mass is 10.0. The quantitative estimate of drug-likeness (QED) is 0.772. The summed E-state index contributed by atoms with van der Waals surface area (Å²) in [5, 5.41) is 14.0. The van der Waals surface area contributed by atoms with Gasteiger partial charge in [0, 0.05) is 19.4 Å². The van der Waals surface area contributed by atoms with Gasteiger partial charge in [0.05, 0.1) is 0 Å². The molecule has 0 atom stereocenters. The number of hydrogen-bond acceptors (Lipinski definition) is 3. The summed E-state index contributed by atoms with van der Waals surface area (Å²) in [6.45, 7) is 4.65. The molecule has 90 valence electrons. The van der Waals surface area contributed by atoms with Crippen LogP contribution in [0.25, 0.3) is 0 Å². The summed E-state index contributed by atoms with van der Waals surface area (Å²) >= 11 is 0. The van der Waals surface area contributed by atoms with Gasteiger partial charge in [-0.25, -0.2) is 9.80 Å². The summed E-state index contributed by atoms with van der Waals surface area (Å²) in [7, 11) is 0. The largest absolute Gasteiger partial charge is 0.477 e. The van der Waals surface area contributed by atoms with Crippen molar-refractivity contribution in [2.75, 3.05) is 6.54 Å². The Hall–Kier alpha value is -1.39. The highest BCUT2D eigenvalue weighted by Crippen LogP contribution is 2.15. The number of amides is 1. The minimum atomic E-state index is -1.03. The van der Waals surface area contributed by atoms with Gasteiger partial charge in [-0.3, -0.25) is 4.79 Å². The van der Waals surface area contributed by atoms with Crippen LogP contribution in [0.4, 0.5) is 0 Å². The molecule has 0 radical (unpaired) electrons. The third-order valence-corrected chi connectivity index (χ3v) is 2.94. The number of carboxylic acids is 1. The van der Waals surface area contributed by atoms with Crippen LogP contribution in [0.1, 0.15) is 39.5 Å². The van der Waals surface area contributed by atoms with Gasteiger partial charge in [0.1, 0.15) is 5.71 Å². The molecule has 1 rings (SSSR count). The first-order valence-electron chi connectivity index (χ1n) is 5.69. The second kappa shape index (κ2) is 5.63. The van der Waals surface area contributed by atoms with Crippen LogP contribution in [0, 0.1) is 5.92 Å². The van der Waals surface area contributed by atoms with Crippen molar-refractivity contribution in [1.82, 2.24) is 5.01 Å². The number of aliphatic carboxylic acids is 1. The second-order valence-corrected chi connectivity index (χ2v) is 4.01. The van der Waals surface area contributed by atoms with Crippen LogP contribution in [0.2, 0.25) is 0 Å². The van der Waals surface area contributed by atoms with Gasteiger partial charge in [0.25, 0.3) is 0 Å². The van der Waals surface area contributed by atoms with E-state index in [2.05, 4.69) is 18.9 Å². The van der Waals surface area contributed by atoms with E-state index in [1.54, 1.807) is 0 Å². The molecule has 1 N–H and O–H groups in total. The number of rotatable bonds is 5. The SMILES string of the molecule is CCC(CC)CN1N=C(C(=O)O)CCC1=O. The lowest BCUT2D eigenvalue weighted by molar-refractivity contribution is -0.133. The lowest BCUT2D eigenvalue weighted by Crippen LogP contribution is -2.37. The van der Waals surface area contributed by atoms with Crippen LogP contribution < -0.4 is 0 Å². The Labute approximate surface area is 95.1 Å². The van der Waals surface area contributed by atoms with Crippen LogP contribution in [-0.4, -0.2) is 34.2 Å². The Morgan fingerprint density at radius 1 is 1.44 bits per heavy atom. The summed E-state index contributed by atoms with van der Waals surface area (Å²) < 4.78 is 0. The zero-order valence-corrected chi connectivity index (χ0v) is 9.77. The first-order chi connectivity index (χ1) is 7.58. The van der Waals surface area contributed by atoms with Gasteiger partial charge in [0.15, 0.2) is 0 Å². The zero-order valence-electron chi connectivity index (χ0n) is 9.77. The Balaban J connectivity index is 2.72. The maximum absolute atomic E-state index is 11.6. The third kappa shape index (κ3) is 3.05. The van der Waals surface area contributed by atoms with E-state index in [0.29, 0.717) is 12.5 Å². The molecule has 1 aliphatic heterocycles. The maximum Gasteiger partial charge on any atom is 0.352 e. The van der Waals surface area contributed by atoms with Crippen LogP contribution in [0.15, 0.2) is 5.10 Å². The Morgan fingerprint density at radius 3 is 2.56 bits per heavy atom. The fraction of sp³-hybridized carbons (Fsp3) is 0.727. The standard InChI is InChI=1S/C11H18N2O3/c1-3-8(4-2)7-13-10(14)6-5-9(12-13)11(15)16/h8H,3-7H2,1-2H3,(H,15,16). The normalized spacial score (nSPS) is 16.6. The van der Waals surface area contributed by atoms with Gasteiger partial charge in [-0.2, -0.15) is 5.10 Å². The van der Waals surface area contributed by atoms with Gasteiger partial charge in [0.2, 0.25) is 5.91 Å². The minimum absolute atomic E-state index is 0.0723. The molecule has 0 saturated carbocycles. The Morgan fingerprint density at radius 2 is 2.06 bits per heavy atom. The molecule has 0 aromatic rings. The number of hydrogen-bond donors (Lipinski definition) is 1. The molecule has 0 bridgehead atoms. The number of carboxylic acid groups (broad SMARTS) is 1. The molecule has 0 aromatic carbocycles. The first-order valence-corrected chi connectivity index (χ1v) is 5.69. The average Bonchev–Trinajstić information content (AvgIpc) is 2.27. The Bertz CT molecular complexity index is 308. The fourth-order valence-electron chi connectivity index (χ4n) is 1.69. The monoisotopic (exact) mass is 226 g/mol. The predicted molar refractivity (Wildman–Crippen MR) is 60.1 cm³/mol. The Kier molecular flexibility index (Phi) is 4.46. The van der Waals surface area contributed by atoms with E-state index in [9.17, 15) is 9.59 Å². The van der Waals surface area contributed by atoms with Crippen molar-refractivity contribution >= 4 is 17.6 Å². The molecule has 0 fully saturated rings. The molecule has 5 nitrogen and oxygen atoms in total. The van der Waals surface area contributed by atoms with Crippen molar-refractivity contribution in [3.63, 3.8) is 0 Å². The van der Waals surface area contributed by atoms with Gasteiger partial charge >= 0.3 is 5.97 Å². The van der Waals surface area contributed by atoms with E-state index >= 15 is 0 Å². The topological polar surface area (TPSA) is 70.0 Å². The van der Waals surface area contributed by atoms with Crippen molar-refractivity contribution in [3.05, 3.63) is 0 Å². The predicted octanol–water partition coefficient (Wildman–Crippen LogP) is 1.49. The first kappa shape index (κ1) is 12.7. The van der Waals surface area contributed by atoms with Crippen LogP contribution >= 0.6 is 0 Å². The summed E-state index contributed by atoms with van der Waals surface area (Å²) in [4.78, 5) is 22.3. The summed E-state index contributed by atoms with van der Waals surface area (Å²) in [5.74, 6) is -0.709. The fourth-order valence-corrected chi connectivity index (χ4v) is 1.69. The molecular weight excluding hydrogens is 208 g/mol. The molecular formula is C11H18N2O3. The molecule has 0 aromatic heterocycles. The highest BCUT2D eigenvalue weighted by Gasteiger charge is 2.25. The highest BCUT2D eigenvalue weighted by atomic mass is 16.4. The van der Waals surface area contributed by atoms with Crippen LogP contribution in [0.3, 0.4) is 0 Å². The van der Waals surface area contributed by atoms with Gasteiger partial charge in [-0.05, 0) is 5.92 Å². The molecule has 1 heterocycles. The summed E-state index contributed by atoms with van der Waals surface area (Å²) in [5.41, 5.74) is 0.0885. The smallest absolute Gasteiger partial charge is 0.352 e. The molecule has 0 spiro atoms. The van der Waals surface area contributed by atoms with Crippen molar-refractivity contribution < 1.29 is 14.7 Å². The molecule has 1 amide bonds. The van der Waals surface area contributed by atoms with Crippen molar-refractivity contribution in [2.24, 2.45) is 11.0 Å². The van der Waals surface area contributed by atoms with E-state index in [-0.39, 0.29) is 24.5 Å². The second-order valence-electron chi connectivity index (χ2n) is 4.01. The number of carbonyl (C=O) groups is 2. The van der Waals surface area contributed by atoms with Crippen molar-refractivity contribution in [3.8, 4) is 0 Å². The molecule has 1 aliphatic rings. The van der Waals surface area contributed by atoms with Gasteiger partial charge < -0.3 is 5.11 Å². The molecule has 0 unspecified atom stereocenters. The minimum Gasteiger partial charge on any atom is -0.477 e. The van der Waals surface area contributed by atoms with E-state index in [1.165, 1.54) is 5.01 Å². The summed E-state index contributed by atoms with van der Waals surface area (Å²) in [6, 6.07) is 0. The number of hydrazone groups is 1. The molecule has 0 saturated heterocycles. The molecule has 16 heavy (non-hydrogen) atoms. The van der Waals surface area contributed by atoms with E-state index in [0.717, 1.165) is 12.8 Å². The van der Waals surface area contributed by atoms with E-state index < -0.39 is 5.97 Å². The summed E-state index contributed by atoms with van der Waals surface area (Å²) in [6.07, 6.45) is 2.44. The molecule has 0 aliphatic carbocycles. The van der Waals surface area contributed by atoms with E-state index in [1.807, 2.05) is 0 Å². The van der Waals surface area contributed by atoms with Crippen molar-refractivity contribution in [2.45, 2.75) is 39.5 Å². The van der Waals surface area contributed by atoms with Gasteiger partial charge in [-0.15, -0.1) is 0 Å². The van der Waals surface area contributed by atoms with Gasteiger partial charge in [-0.1, -0.05) is 26.7 Å². The molecule has 5 heteroatoms. The zero-order chi connectivity index (χ0) is 12.1. The highest BCUT2D eigenvalue weighted by molar-refractivity contribution is 6.36.